The first kappa shape index (κ1) is 23.8. The van der Waals surface area contributed by atoms with Crippen molar-refractivity contribution < 1.29 is 9.18 Å². The van der Waals surface area contributed by atoms with Crippen molar-refractivity contribution in [2.45, 2.75) is 39.0 Å². The third kappa shape index (κ3) is 5.44. The second-order valence-corrected chi connectivity index (χ2v) is 10.2. The van der Waals surface area contributed by atoms with E-state index < -0.39 is 0 Å². The maximum Gasteiger partial charge on any atom is 0.253 e. The number of carbonyl (C=O) groups excluding carboxylic acids is 1. The zero-order chi connectivity index (χ0) is 23.7. The number of amides is 1. The second kappa shape index (κ2) is 9.90. The lowest BCUT2D eigenvalue weighted by Crippen LogP contribution is -2.30. The summed E-state index contributed by atoms with van der Waals surface area (Å²) in [5.74, 6) is -0.0455. The molecule has 0 saturated heterocycles. The third-order valence-corrected chi connectivity index (χ3v) is 7.10. The average molecular weight is 512 g/mol. The molecule has 0 spiro atoms. The molecule has 0 bridgehead atoms. The molecule has 1 aliphatic carbocycles. The van der Waals surface area contributed by atoms with Crippen LogP contribution in [0.15, 0.2) is 40.5 Å². The van der Waals surface area contributed by atoms with Gasteiger partial charge in [0.05, 0.1) is 0 Å². The molecular weight excluding hydrogens is 481 g/mol. The Hall–Kier alpha value is -2.31. The first-order valence-corrected chi connectivity index (χ1v) is 12.3. The molecule has 174 valence electrons. The van der Waals surface area contributed by atoms with Crippen LogP contribution in [0.5, 0.6) is 0 Å². The SMILES string of the molecule is C/C(=C\c1c(Br)ccnc1C)CN1CC=C(c2c(F)cc(C(=O)N(C)C)cc2C2CC2)CC1. The van der Waals surface area contributed by atoms with Crippen LogP contribution in [0.25, 0.3) is 11.6 Å². The van der Waals surface area contributed by atoms with E-state index in [1.807, 2.05) is 19.1 Å². The molecule has 0 N–H and O–H groups in total. The van der Waals surface area contributed by atoms with Crippen LogP contribution in [0.3, 0.4) is 0 Å². The van der Waals surface area contributed by atoms with Gasteiger partial charge in [-0.1, -0.05) is 33.7 Å². The van der Waals surface area contributed by atoms with Crippen LogP contribution >= 0.6 is 15.9 Å². The summed E-state index contributed by atoms with van der Waals surface area (Å²) in [6.07, 6.45) is 9.11. The fourth-order valence-corrected chi connectivity index (χ4v) is 5.03. The van der Waals surface area contributed by atoms with Crippen molar-refractivity contribution in [2.24, 2.45) is 0 Å². The summed E-state index contributed by atoms with van der Waals surface area (Å²) in [7, 11) is 3.40. The van der Waals surface area contributed by atoms with E-state index in [9.17, 15) is 4.79 Å². The number of benzene rings is 1. The van der Waals surface area contributed by atoms with Gasteiger partial charge in [-0.3, -0.25) is 14.7 Å². The number of halogens is 2. The molecule has 1 saturated carbocycles. The molecular formula is C27H31BrFN3O. The highest BCUT2D eigenvalue weighted by Gasteiger charge is 2.31. The minimum Gasteiger partial charge on any atom is -0.345 e. The summed E-state index contributed by atoms with van der Waals surface area (Å²) in [5.41, 5.74) is 6.64. The molecule has 1 aliphatic heterocycles. The standard InChI is InChI=1S/C27H31BrFN3O/c1-17(13-22-18(2)30-10-7-24(22)28)16-32-11-8-20(9-12-32)26-23(19-5-6-19)14-21(15-25(26)29)27(33)31(3)4/h7-8,10,13-15,19H,5-6,9,11-12,16H2,1-4H3/b17-13+. The van der Waals surface area contributed by atoms with Crippen LogP contribution < -0.4 is 0 Å². The highest BCUT2D eigenvalue weighted by Crippen LogP contribution is 2.45. The van der Waals surface area contributed by atoms with Crippen LogP contribution in [0.1, 0.15) is 64.8 Å². The van der Waals surface area contributed by atoms with Crippen LogP contribution in [0.4, 0.5) is 4.39 Å². The lowest BCUT2D eigenvalue weighted by atomic mass is 9.90. The smallest absolute Gasteiger partial charge is 0.253 e. The molecule has 2 aromatic rings. The quantitative estimate of drug-likeness (QED) is 0.472. The summed E-state index contributed by atoms with van der Waals surface area (Å²) in [5, 5.41) is 0. The fourth-order valence-electron chi connectivity index (χ4n) is 4.51. The van der Waals surface area contributed by atoms with Crippen molar-refractivity contribution in [1.82, 2.24) is 14.8 Å². The first-order chi connectivity index (χ1) is 15.7. The van der Waals surface area contributed by atoms with Crippen LogP contribution in [-0.4, -0.2) is 54.4 Å². The number of hydrogen-bond donors (Lipinski definition) is 0. The number of aryl methyl sites for hydroxylation is 1. The van der Waals surface area contributed by atoms with Crippen molar-refractivity contribution >= 4 is 33.5 Å². The zero-order valence-corrected chi connectivity index (χ0v) is 21.4. The van der Waals surface area contributed by atoms with Gasteiger partial charge in [0.25, 0.3) is 5.91 Å². The monoisotopic (exact) mass is 511 g/mol. The van der Waals surface area contributed by atoms with Gasteiger partial charge >= 0.3 is 0 Å². The van der Waals surface area contributed by atoms with Crippen LogP contribution in [0, 0.1) is 12.7 Å². The van der Waals surface area contributed by atoms with Crippen molar-refractivity contribution in [1.29, 1.82) is 0 Å². The summed E-state index contributed by atoms with van der Waals surface area (Å²) >= 11 is 3.62. The topological polar surface area (TPSA) is 36.4 Å². The summed E-state index contributed by atoms with van der Waals surface area (Å²) in [6.45, 7) is 6.69. The van der Waals surface area contributed by atoms with Gasteiger partial charge in [0.15, 0.2) is 0 Å². The van der Waals surface area contributed by atoms with Gasteiger partial charge < -0.3 is 4.90 Å². The Balaban J connectivity index is 1.52. The number of rotatable bonds is 6. The zero-order valence-electron chi connectivity index (χ0n) is 19.8. The van der Waals surface area contributed by atoms with Crippen molar-refractivity contribution in [2.75, 3.05) is 33.7 Å². The molecule has 4 rings (SSSR count). The van der Waals surface area contributed by atoms with E-state index in [1.165, 1.54) is 16.5 Å². The highest BCUT2D eigenvalue weighted by atomic mass is 79.9. The van der Waals surface area contributed by atoms with E-state index in [0.29, 0.717) is 11.5 Å². The average Bonchev–Trinajstić information content (AvgIpc) is 3.61. The minimum absolute atomic E-state index is 0.149. The second-order valence-electron chi connectivity index (χ2n) is 9.39. The predicted octanol–water partition coefficient (Wildman–Crippen LogP) is 6.06. The molecule has 1 fully saturated rings. The lowest BCUT2D eigenvalue weighted by Gasteiger charge is -2.28. The van der Waals surface area contributed by atoms with Gasteiger partial charge in [-0.2, -0.15) is 0 Å². The van der Waals surface area contributed by atoms with Gasteiger partial charge in [-0.15, -0.1) is 0 Å². The Morgan fingerprint density at radius 1 is 1.33 bits per heavy atom. The van der Waals surface area contributed by atoms with E-state index in [0.717, 1.165) is 71.3 Å². The Morgan fingerprint density at radius 2 is 2.09 bits per heavy atom. The molecule has 2 heterocycles. The molecule has 1 amide bonds. The van der Waals surface area contributed by atoms with Crippen LogP contribution in [-0.2, 0) is 0 Å². The van der Waals surface area contributed by atoms with Gasteiger partial charge in [-0.05, 0) is 68.4 Å². The molecule has 33 heavy (non-hydrogen) atoms. The molecule has 1 aromatic carbocycles. The van der Waals surface area contributed by atoms with Crippen molar-refractivity contribution in [3.63, 3.8) is 0 Å². The Kier molecular flexibility index (Phi) is 7.15. The number of hydrogen-bond acceptors (Lipinski definition) is 3. The van der Waals surface area contributed by atoms with E-state index in [2.05, 4.69) is 44.9 Å². The Labute approximate surface area is 204 Å². The summed E-state index contributed by atoms with van der Waals surface area (Å²) < 4.78 is 16.3. The van der Waals surface area contributed by atoms with E-state index >= 15 is 4.39 Å². The van der Waals surface area contributed by atoms with Gasteiger partial charge in [0, 0.05) is 66.8 Å². The Morgan fingerprint density at radius 3 is 2.70 bits per heavy atom. The normalized spacial score (nSPS) is 17.2. The largest absolute Gasteiger partial charge is 0.345 e. The summed E-state index contributed by atoms with van der Waals surface area (Å²) in [6, 6.07) is 5.30. The van der Waals surface area contributed by atoms with Crippen molar-refractivity contribution in [3.05, 3.63) is 74.3 Å². The fraction of sp³-hybridized carbons (Fsp3) is 0.407. The minimum atomic E-state index is -0.266. The van der Waals surface area contributed by atoms with E-state index in [1.54, 1.807) is 20.3 Å². The van der Waals surface area contributed by atoms with Gasteiger partial charge in [0.2, 0.25) is 0 Å². The summed E-state index contributed by atoms with van der Waals surface area (Å²) in [4.78, 5) is 20.7. The molecule has 1 aromatic heterocycles. The molecule has 6 heteroatoms. The Bertz CT molecular complexity index is 1110. The van der Waals surface area contributed by atoms with Gasteiger partial charge in [-0.25, -0.2) is 4.39 Å². The maximum atomic E-state index is 15.3. The molecule has 4 nitrogen and oxygen atoms in total. The number of aromatic nitrogens is 1. The first-order valence-electron chi connectivity index (χ1n) is 11.5. The molecule has 2 aliphatic rings. The molecule has 0 unspecified atom stereocenters. The molecule has 0 atom stereocenters. The van der Waals surface area contributed by atoms with Gasteiger partial charge in [0.1, 0.15) is 5.82 Å². The number of nitrogens with zero attached hydrogens (tertiary/aromatic N) is 3. The van der Waals surface area contributed by atoms with E-state index in [-0.39, 0.29) is 11.7 Å². The predicted molar refractivity (Wildman–Crippen MR) is 136 cm³/mol. The highest BCUT2D eigenvalue weighted by molar-refractivity contribution is 9.10. The lowest BCUT2D eigenvalue weighted by molar-refractivity contribution is 0.0827. The van der Waals surface area contributed by atoms with E-state index in [4.69, 9.17) is 0 Å². The maximum absolute atomic E-state index is 15.3. The number of carbonyl (C=O) groups is 1. The third-order valence-electron chi connectivity index (χ3n) is 6.41. The van der Waals surface area contributed by atoms with Crippen molar-refractivity contribution in [3.8, 4) is 0 Å². The number of pyridine rings is 1. The molecule has 0 radical (unpaired) electrons. The van der Waals surface area contributed by atoms with Crippen LogP contribution in [0.2, 0.25) is 0 Å².